The second kappa shape index (κ2) is 5.97. The molecule has 0 bridgehead atoms. The van der Waals surface area contributed by atoms with Crippen LogP contribution in [0.5, 0.6) is 0 Å². The van der Waals surface area contributed by atoms with Crippen molar-refractivity contribution in [2.24, 2.45) is 0 Å². The molecule has 0 spiro atoms. The molecule has 3 nitrogen and oxygen atoms in total. The van der Waals surface area contributed by atoms with Gasteiger partial charge in [0.1, 0.15) is 0 Å². The molecular formula is C15H14BrNO2. The Morgan fingerprint density at radius 2 is 1.84 bits per heavy atom. The summed E-state index contributed by atoms with van der Waals surface area (Å²) in [6, 6.07) is 15.1. The van der Waals surface area contributed by atoms with Gasteiger partial charge in [-0.05, 0) is 24.5 Å². The van der Waals surface area contributed by atoms with E-state index in [-0.39, 0.29) is 15.4 Å². The Hall–Kier alpha value is -1.68. The van der Waals surface area contributed by atoms with E-state index >= 15 is 0 Å². The molecule has 0 heterocycles. The number of benzene rings is 2. The molecule has 19 heavy (non-hydrogen) atoms. The molecule has 0 radical (unpaired) electrons. The second-order valence-corrected chi connectivity index (χ2v) is 5.52. The highest BCUT2D eigenvalue weighted by molar-refractivity contribution is 9.09. The Balaban J connectivity index is 2.31. The first-order valence-corrected chi connectivity index (χ1v) is 6.93. The van der Waals surface area contributed by atoms with Gasteiger partial charge < -0.3 is 0 Å². The lowest BCUT2D eigenvalue weighted by Gasteiger charge is -2.12. The predicted octanol–water partition coefficient (Wildman–Crippen LogP) is 4.58. The summed E-state index contributed by atoms with van der Waals surface area (Å²) in [7, 11) is 0. The van der Waals surface area contributed by atoms with E-state index in [2.05, 4.69) is 15.9 Å². The van der Waals surface area contributed by atoms with Crippen LogP contribution in [-0.2, 0) is 6.42 Å². The standard InChI is InChI=1S/C15H14BrNO2/c1-11-6-5-9-15(17(18)19)13(11)10-14(16)12-7-3-2-4-8-12/h2-9,14H,10H2,1H3. The minimum Gasteiger partial charge on any atom is -0.258 e. The number of halogens is 1. The third kappa shape index (κ3) is 3.20. The van der Waals surface area contributed by atoms with Crippen LogP contribution in [0, 0.1) is 17.0 Å². The highest BCUT2D eigenvalue weighted by Gasteiger charge is 2.19. The van der Waals surface area contributed by atoms with Gasteiger partial charge in [-0.15, -0.1) is 0 Å². The number of nitro groups is 1. The molecule has 0 aliphatic carbocycles. The smallest absolute Gasteiger partial charge is 0.258 e. The predicted molar refractivity (Wildman–Crippen MR) is 79.6 cm³/mol. The minimum absolute atomic E-state index is 0.0773. The van der Waals surface area contributed by atoms with Crippen molar-refractivity contribution in [3.05, 3.63) is 75.3 Å². The van der Waals surface area contributed by atoms with Crippen molar-refractivity contribution in [2.75, 3.05) is 0 Å². The van der Waals surface area contributed by atoms with Crippen LogP contribution in [0.2, 0.25) is 0 Å². The maximum Gasteiger partial charge on any atom is 0.272 e. The molecule has 0 aliphatic rings. The molecule has 0 saturated carbocycles. The third-order valence-electron chi connectivity index (χ3n) is 3.13. The van der Waals surface area contributed by atoms with E-state index in [4.69, 9.17) is 0 Å². The van der Waals surface area contributed by atoms with Gasteiger partial charge in [0.15, 0.2) is 0 Å². The molecule has 2 aromatic rings. The summed E-state index contributed by atoms with van der Waals surface area (Å²) in [6.45, 7) is 1.91. The number of hydrogen-bond donors (Lipinski definition) is 0. The molecule has 0 aliphatic heterocycles. The highest BCUT2D eigenvalue weighted by atomic mass is 79.9. The lowest BCUT2D eigenvalue weighted by molar-refractivity contribution is -0.385. The van der Waals surface area contributed by atoms with Crippen LogP contribution in [0.4, 0.5) is 5.69 Å². The first-order chi connectivity index (χ1) is 9.09. The topological polar surface area (TPSA) is 43.1 Å². The van der Waals surface area contributed by atoms with Gasteiger partial charge in [0.05, 0.1) is 4.92 Å². The number of rotatable bonds is 4. The van der Waals surface area contributed by atoms with Crippen molar-refractivity contribution in [3.8, 4) is 0 Å². The van der Waals surface area contributed by atoms with Gasteiger partial charge >= 0.3 is 0 Å². The second-order valence-electron chi connectivity index (χ2n) is 4.41. The van der Waals surface area contributed by atoms with Crippen LogP contribution < -0.4 is 0 Å². The fourth-order valence-corrected chi connectivity index (χ4v) is 2.71. The van der Waals surface area contributed by atoms with E-state index in [1.807, 2.05) is 43.3 Å². The van der Waals surface area contributed by atoms with Gasteiger partial charge in [-0.2, -0.15) is 0 Å². The van der Waals surface area contributed by atoms with E-state index in [9.17, 15) is 10.1 Å². The van der Waals surface area contributed by atoms with Crippen LogP contribution in [0.3, 0.4) is 0 Å². The van der Waals surface area contributed by atoms with Gasteiger partial charge in [0.2, 0.25) is 0 Å². The van der Waals surface area contributed by atoms with E-state index in [0.717, 1.165) is 16.7 Å². The summed E-state index contributed by atoms with van der Waals surface area (Å²) in [6.07, 6.45) is 0.604. The molecule has 0 saturated heterocycles. The van der Waals surface area contributed by atoms with Gasteiger partial charge in [-0.3, -0.25) is 10.1 Å². The molecule has 1 atom stereocenters. The van der Waals surface area contributed by atoms with Crippen molar-refractivity contribution >= 4 is 21.6 Å². The first-order valence-electron chi connectivity index (χ1n) is 6.01. The number of nitro benzene ring substituents is 1. The minimum atomic E-state index is -0.312. The summed E-state index contributed by atoms with van der Waals surface area (Å²) in [5.41, 5.74) is 3.06. The SMILES string of the molecule is Cc1cccc([N+](=O)[O-])c1CC(Br)c1ccccc1. The monoisotopic (exact) mass is 319 g/mol. The van der Waals surface area contributed by atoms with Crippen molar-refractivity contribution in [1.82, 2.24) is 0 Å². The van der Waals surface area contributed by atoms with Crippen molar-refractivity contribution < 1.29 is 4.92 Å². The molecule has 0 fully saturated rings. The molecule has 2 rings (SSSR count). The fraction of sp³-hybridized carbons (Fsp3) is 0.200. The van der Waals surface area contributed by atoms with Gasteiger partial charge in [0, 0.05) is 16.5 Å². The Labute approximate surface area is 120 Å². The lowest BCUT2D eigenvalue weighted by Crippen LogP contribution is -2.02. The van der Waals surface area contributed by atoms with E-state index in [0.29, 0.717) is 6.42 Å². The highest BCUT2D eigenvalue weighted by Crippen LogP contribution is 2.32. The molecule has 1 unspecified atom stereocenters. The quantitative estimate of drug-likeness (QED) is 0.470. The Morgan fingerprint density at radius 3 is 2.47 bits per heavy atom. The van der Waals surface area contributed by atoms with E-state index < -0.39 is 0 Å². The Morgan fingerprint density at radius 1 is 1.16 bits per heavy atom. The normalized spacial score (nSPS) is 12.1. The third-order valence-corrected chi connectivity index (χ3v) is 3.98. The summed E-state index contributed by atoms with van der Waals surface area (Å²) in [4.78, 5) is 10.8. The maximum atomic E-state index is 11.1. The average Bonchev–Trinajstić information content (AvgIpc) is 2.41. The summed E-state index contributed by atoms with van der Waals surface area (Å²) < 4.78 is 0. The van der Waals surface area contributed by atoms with E-state index in [1.54, 1.807) is 12.1 Å². The zero-order chi connectivity index (χ0) is 13.8. The number of nitrogens with zero attached hydrogens (tertiary/aromatic N) is 1. The summed E-state index contributed by atoms with van der Waals surface area (Å²) in [5.74, 6) is 0. The fourth-order valence-electron chi connectivity index (χ4n) is 2.08. The molecule has 0 N–H and O–H groups in total. The zero-order valence-corrected chi connectivity index (χ0v) is 12.1. The van der Waals surface area contributed by atoms with Crippen LogP contribution in [0.15, 0.2) is 48.5 Å². The van der Waals surface area contributed by atoms with Crippen molar-refractivity contribution in [1.29, 1.82) is 0 Å². The molecule has 0 aromatic heterocycles. The molecule has 0 amide bonds. The van der Waals surface area contributed by atoms with Crippen LogP contribution in [-0.4, -0.2) is 4.92 Å². The lowest BCUT2D eigenvalue weighted by atomic mass is 9.99. The van der Waals surface area contributed by atoms with Gasteiger partial charge in [0.25, 0.3) is 5.69 Å². The van der Waals surface area contributed by atoms with Crippen molar-refractivity contribution in [3.63, 3.8) is 0 Å². The molecule has 2 aromatic carbocycles. The molecular weight excluding hydrogens is 306 g/mol. The molecule has 98 valence electrons. The number of aryl methyl sites for hydroxylation is 1. The summed E-state index contributed by atoms with van der Waals surface area (Å²) in [5, 5.41) is 11.1. The van der Waals surface area contributed by atoms with E-state index in [1.165, 1.54) is 0 Å². The van der Waals surface area contributed by atoms with Gasteiger partial charge in [-0.1, -0.05) is 58.4 Å². The van der Waals surface area contributed by atoms with Crippen molar-refractivity contribution in [2.45, 2.75) is 18.2 Å². The van der Waals surface area contributed by atoms with Crippen LogP contribution in [0.25, 0.3) is 0 Å². The Bertz CT molecular complexity index is 584. The average molecular weight is 320 g/mol. The largest absolute Gasteiger partial charge is 0.272 e. The van der Waals surface area contributed by atoms with Crippen LogP contribution in [0.1, 0.15) is 21.5 Å². The number of alkyl halides is 1. The molecule has 4 heteroatoms. The van der Waals surface area contributed by atoms with Crippen LogP contribution >= 0.6 is 15.9 Å². The Kier molecular flexibility index (Phi) is 4.32. The maximum absolute atomic E-state index is 11.1. The summed E-state index contributed by atoms with van der Waals surface area (Å²) >= 11 is 3.62. The van der Waals surface area contributed by atoms with Gasteiger partial charge in [-0.25, -0.2) is 0 Å². The number of hydrogen-bond acceptors (Lipinski definition) is 2. The first kappa shape index (κ1) is 13.7. The zero-order valence-electron chi connectivity index (χ0n) is 10.5.